The monoisotopic (exact) mass is 372 g/mol. The molecule has 132 valence electrons. The Morgan fingerprint density at radius 1 is 1.08 bits per heavy atom. The number of imide groups is 1. The van der Waals surface area contributed by atoms with Crippen LogP contribution in [-0.2, 0) is 4.79 Å². The fourth-order valence-electron chi connectivity index (χ4n) is 2.65. The van der Waals surface area contributed by atoms with Crippen LogP contribution in [0.5, 0.6) is 0 Å². The normalized spacial score (nSPS) is 14.2. The van der Waals surface area contributed by atoms with Crippen LogP contribution in [0.1, 0.15) is 20.7 Å². The standard InChI is InChI=1S/C17H12N2O6S/c20-15-10-5-1-2-6-11(10)16(21)18(15)13(17(22)23)9-26-14-8-4-3-7-12(14)19(24)25/h1-8,13H,9H2,(H,22,23). The number of nitro benzene ring substituents is 1. The second-order valence-corrected chi connectivity index (χ2v) is 6.48. The highest BCUT2D eigenvalue weighted by Gasteiger charge is 2.42. The third-order valence-corrected chi connectivity index (χ3v) is 5.02. The van der Waals surface area contributed by atoms with E-state index in [0.717, 1.165) is 11.8 Å². The Kier molecular flexibility index (Phi) is 4.72. The molecule has 0 radical (unpaired) electrons. The molecule has 1 aliphatic heterocycles. The molecule has 0 spiro atoms. The summed E-state index contributed by atoms with van der Waals surface area (Å²) in [5.41, 5.74) is 0.142. The summed E-state index contributed by atoms with van der Waals surface area (Å²) in [6.07, 6.45) is 0. The van der Waals surface area contributed by atoms with Gasteiger partial charge in [0.25, 0.3) is 17.5 Å². The summed E-state index contributed by atoms with van der Waals surface area (Å²) in [6, 6.07) is 10.6. The van der Waals surface area contributed by atoms with Crippen LogP contribution in [0, 0.1) is 10.1 Å². The van der Waals surface area contributed by atoms with Gasteiger partial charge in [0, 0.05) is 11.8 Å². The first-order chi connectivity index (χ1) is 12.4. The third kappa shape index (κ3) is 3.04. The maximum Gasteiger partial charge on any atom is 0.327 e. The summed E-state index contributed by atoms with van der Waals surface area (Å²) in [5.74, 6) is -2.92. The Morgan fingerprint density at radius 2 is 1.62 bits per heavy atom. The number of hydrogen-bond acceptors (Lipinski definition) is 6. The molecule has 1 aliphatic rings. The Balaban J connectivity index is 1.86. The van der Waals surface area contributed by atoms with Crippen molar-refractivity contribution in [2.24, 2.45) is 0 Å². The van der Waals surface area contributed by atoms with Crippen molar-refractivity contribution >= 4 is 35.2 Å². The number of carboxylic acids is 1. The predicted octanol–water partition coefficient (Wildman–Crippen LogP) is 2.44. The zero-order valence-electron chi connectivity index (χ0n) is 13.2. The number of aliphatic carboxylic acids is 1. The molecule has 0 fully saturated rings. The van der Waals surface area contributed by atoms with Crippen molar-refractivity contribution in [1.82, 2.24) is 4.90 Å². The van der Waals surface area contributed by atoms with Gasteiger partial charge in [0.05, 0.1) is 20.9 Å². The van der Waals surface area contributed by atoms with E-state index in [-0.39, 0.29) is 27.5 Å². The highest BCUT2D eigenvalue weighted by atomic mass is 32.2. The Hall–Kier alpha value is -3.20. The lowest BCUT2D eigenvalue weighted by Crippen LogP contribution is -2.46. The van der Waals surface area contributed by atoms with E-state index in [2.05, 4.69) is 0 Å². The van der Waals surface area contributed by atoms with Gasteiger partial charge in [0.15, 0.2) is 0 Å². The highest BCUT2D eigenvalue weighted by molar-refractivity contribution is 7.99. The molecule has 1 N–H and O–H groups in total. The van der Waals surface area contributed by atoms with Crippen LogP contribution in [0.2, 0.25) is 0 Å². The smallest absolute Gasteiger partial charge is 0.327 e. The number of benzene rings is 2. The van der Waals surface area contributed by atoms with Gasteiger partial charge in [0.2, 0.25) is 0 Å². The van der Waals surface area contributed by atoms with Crippen LogP contribution >= 0.6 is 11.8 Å². The molecule has 0 saturated heterocycles. The first-order valence-electron chi connectivity index (χ1n) is 7.47. The van der Waals surface area contributed by atoms with Crippen LogP contribution in [-0.4, -0.2) is 44.5 Å². The van der Waals surface area contributed by atoms with Gasteiger partial charge in [-0.05, 0) is 18.2 Å². The second-order valence-electron chi connectivity index (χ2n) is 5.42. The van der Waals surface area contributed by atoms with Crippen LogP contribution < -0.4 is 0 Å². The fraction of sp³-hybridized carbons (Fsp3) is 0.118. The predicted molar refractivity (Wildman–Crippen MR) is 92.2 cm³/mol. The van der Waals surface area contributed by atoms with E-state index in [4.69, 9.17) is 0 Å². The Morgan fingerprint density at radius 3 is 2.15 bits per heavy atom. The molecule has 8 nitrogen and oxygen atoms in total. The summed E-state index contributed by atoms with van der Waals surface area (Å²) < 4.78 is 0. The number of rotatable bonds is 6. The van der Waals surface area contributed by atoms with Crippen LogP contribution in [0.15, 0.2) is 53.4 Å². The van der Waals surface area contributed by atoms with Crippen molar-refractivity contribution in [3.05, 3.63) is 69.8 Å². The molecule has 0 bridgehead atoms. The quantitative estimate of drug-likeness (QED) is 0.358. The van der Waals surface area contributed by atoms with E-state index >= 15 is 0 Å². The minimum atomic E-state index is -1.44. The van der Waals surface area contributed by atoms with E-state index in [1.54, 1.807) is 18.2 Å². The van der Waals surface area contributed by atoms with Gasteiger partial charge in [-0.2, -0.15) is 0 Å². The van der Waals surface area contributed by atoms with Crippen molar-refractivity contribution < 1.29 is 24.4 Å². The number of para-hydroxylation sites is 1. The van der Waals surface area contributed by atoms with Gasteiger partial charge < -0.3 is 5.11 Å². The fourth-order valence-corrected chi connectivity index (χ4v) is 3.74. The van der Waals surface area contributed by atoms with Gasteiger partial charge in [-0.1, -0.05) is 24.3 Å². The second kappa shape index (κ2) is 6.96. The van der Waals surface area contributed by atoms with Gasteiger partial charge in [-0.15, -0.1) is 11.8 Å². The molecule has 26 heavy (non-hydrogen) atoms. The number of hydrogen-bond donors (Lipinski definition) is 1. The zero-order chi connectivity index (χ0) is 18.8. The van der Waals surface area contributed by atoms with E-state index < -0.39 is 28.7 Å². The number of carbonyl (C=O) groups excluding carboxylic acids is 2. The van der Waals surface area contributed by atoms with Crippen LogP contribution in [0.4, 0.5) is 5.69 Å². The molecule has 3 rings (SSSR count). The number of carboxylic acid groups (broad SMARTS) is 1. The van der Waals surface area contributed by atoms with Crippen molar-refractivity contribution in [2.75, 3.05) is 5.75 Å². The summed E-state index contributed by atoms with van der Waals surface area (Å²) in [4.78, 5) is 48.1. The van der Waals surface area contributed by atoms with Crippen molar-refractivity contribution in [3.63, 3.8) is 0 Å². The van der Waals surface area contributed by atoms with Crippen molar-refractivity contribution in [3.8, 4) is 0 Å². The molecule has 2 amide bonds. The third-order valence-electron chi connectivity index (χ3n) is 3.88. The number of carbonyl (C=O) groups is 3. The van der Waals surface area contributed by atoms with Gasteiger partial charge in [-0.3, -0.25) is 24.6 Å². The number of thioether (sulfide) groups is 1. The van der Waals surface area contributed by atoms with Gasteiger partial charge >= 0.3 is 5.97 Å². The summed E-state index contributed by atoms with van der Waals surface area (Å²) in [5, 5.41) is 20.6. The molecule has 9 heteroatoms. The van der Waals surface area contributed by atoms with Gasteiger partial charge in [0.1, 0.15) is 6.04 Å². The average molecular weight is 372 g/mol. The molecule has 1 heterocycles. The first kappa shape index (κ1) is 17.6. The lowest BCUT2D eigenvalue weighted by atomic mass is 10.1. The van der Waals surface area contributed by atoms with Crippen molar-refractivity contribution in [1.29, 1.82) is 0 Å². The molecular weight excluding hydrogens is 360 g/mol. The molecule has 0 aromatic heterocycles. The molecular formula is C17H12N2O6S. The van der Waals surface area contributed by atoms with Crippen molar-refractivity contribution in [2.45, 2.75) is 10.9 Å². The SMILES string of the molecule is O=C(O)C(CSc1ccccc1[N+](=O)[O-])N1C(=O)c2ccccc2C1=O. The van der Waals surface area contributed by atoms with Crippen LogP contribution in [0.3, 0.4) is 0 Å². The number of nitro groups is 1. The topological polar surface area (TPSA) is 118 Å². The molecule has 2 aromatic rings. The minimum absolute atomic E-state index is 0.152. The average Bonchev–Trinajstić information content (AvgIpc) is 2.87. The van der Waals surface area contributed by atoms with E-state index in [9.17, 15) is 29.6 Å². The number of nitrogens with zero attached hydrogens (tertiary/aromatic N) is 2. The maximum absolute atomic E-state index is 12.5. The Labute approximate surface area is 151 Å². The van der Waals surface area contributed by atoms with E-state index in [1.807, 2.05) is 0 Å². The lowest BCUT2D eigenvalue weighted by Gasteiger charge is -2.22. The lowest BCUT2D eigenvalue weighted by molar-refractivity contribution is -0.387. The number of fused-ring (bicyclic) bond motifs is 1. The summed E-state index contributed by atoms with van der Waals surface area (Å²) >= 11 is 0.913. The molecule has 0 saturated carbocycles. The highest BCUT2D eigenvalue weighted by Crippen LogP contribution is 2.32. The zero-order valence-corrected chi connectivity index (χ0v) is 14.0. The van der Waals surface area contributed by atoms with E-state index in [1.165, 1.54) is 30.3 Å². The number of amides is 2. The molecule has 0 aliphatic carbocycles. The first-order valence-corrected chi connectivity index (χ1v) is 8.46. The Bertz CT molecular complexity index is 894. The largest absolute Gasteiger partial charge is 0.480 e. The summed E-state index contributed by atoms with van der Waals surface area (Å²) in [7, 11) is 0. The van der Waals surface area contributed by atoms with E-state index in [0.29, 0.717) is 4.90 Å². The summed E-state index contributed by atoms with van der Waals surface area (Å²) in [6.45, 7) is 0. The molecule has 1 atom stereocenters. The van der Waals surface area contributed by atoms with Crippen LogP contribution in [0.25, 0.3) is 0 Å². The van der Waals surface area contributed by atoms with Gasteiger partial charge in [-0.25, -0.2) is 4.79 Å². The molecule has 1 unspecified atom stereocenters. The molecule has 2 aromatic carbocycles. The maximum atomic E-state index is 12.5. The minimum Gasteiger partial charge on any atom is -0.480 e.